The van der Waals surface area contributed by atoms with Crippen molar-refractivity contribution in [1.29, 1.82) is 0 Å². The van der Waals surface area contributed by atoms with Gasteiger partial charge in [0.2, 0.25) is 6.36 Å². The minimum absolute atomic E-state index is 0.0185. The number of aromatic nitrogens is 3. The number of ether oxygens (including phenoxy) is 1. The zero-order chi connectivity index (χ0) is 31.9. The summed E-state index contributed by atoms with van der Waals surface area (Å²) in [7, 11) is 0. The Kier molecular flexibility index (Phi) is 7.79. The molecule has 2 aliphatic heterocycles. The first kappa shape index (κ1) is 30.2. The Morgan fingerprint density at radius 1 is 1.00 bits per heavy atom. The molecule has 1 amide bonds. The molecule has 2 saturated heterocycles. The number of carbonyl (C=O) groups is 2. The lowest BCUT2D eigenvalue weighted by atomic mass is 9.83. The average molecular weight is 626 g/mol. The molecule has 4 aromatic rings. The van der Waals surface area contributed by atoms with E-state index in [0.717, 1.165) is 11.8 Å². The van der Waals surface area contributed by atoms with Crippen molar-refractivity contribution in [2.24, 2.45) is 0 Å². The molecule has 0 bridgehead atoms. The topological polar surface area (TPSA) is 80.6 Å². The van der Waals surface area contributed by atoms with Gasteiger partial charge in [0.15, 0.2) is 11.5 Å². The van der Waals surface area contributed by atoms with Gasteiger partial charge in [0.05, 0.1) is 16.9 Å². The third-order valence-corrected chi connectivity index (χ3v) is 8.31. The molecule has 45 heavy (non-hydrogen) atoms. The lowest BCUT2D eigenvalue weighted by Gasteiger charge is -2.44. The quantitative estimate of drug-likeness (QED) is 0.236. The Labute approximate surface area is 255 Å². The summed E-state index contributed by atoms with van der Waals surface area (Å²) in [6.07, 6.45) is -2.31. The van der Waals surface area contributed by atoms with Crippen molar-refractivity contribution in [1.82, 2.24) is 19.7 Å². The molecule has 2 aromatic heterocycles. The van der Waals surface area contributed by atoms with Crippen LogP contribution in [0.1, 0.15) is 42.2 Å². The van der Waals surface area contributed by atoms with Crippen LogP contribution >= 0.6 is 0 Å². The molecular weight excluding hydrogens is 597 g/mol. The second-order valence-electron chi connectivity index (χ2n) is 11.0. The highest BCUT2D eigenvalue weighted by Gasteiger charge is 2.50. The smallest absolute Gasteiger partial charge is 0.419 e. The fourth-order valence-electron chi connectivity index (χ4n) is 6.13. The standard InChI is InChI=1S/C32H28F5N5O3/c1-20(33)45-24-7-4-22(5-8-24)41-14-10-29(43)31(41)11-15-40(16-12-31)30(44)27-18-28(21-3-2-13-38-19-21)42(39-27)23-6-9-26(34)25(17-23)32(35,36)37/h2-9,13,17-20H,10-12,14-16H2,1H3. The number of alkyl halides is 4. The molecule has 0 N–H and O–H groups in total. The van der Waals surface area contributed by atoms with Crippen LogP contribution in [0.5, 0.6) is 5.75 Å². The number of benzene rings is 2. The van der Waals surface area contributed by atoms with E-state index >= 15 is 0 Å². The lowest BCUT2D eigenvalue weighted by molar-refractivity contribution is -0.140. The number of amides is 1. The number of carbonyl (C=O) groups excluding carboxylic acids is 2. The summed E-state index contributed by atoms with van der Waals surface area (Å²) in [6.45, 7) is 2.27. The fourth-order valence-corrected chi connectivity index (χ4v) is 6.13. The summed E-state index contributed by atoms with van der Waals surface area (Å²) in [5, 5.41) is 4.37. The van der Waals surface area contributed by atoms with Crippen LogP contribution < -0.4 is 9.64 Å². The molecule has 234 valence electrons. The fraction of sp³-hybridized carbons (Fsp3) is 0.312. The van der Waals surface area contributed by atoms with Gasteiger partial charge in [-0.05, 0) is 73.5 Å². The summed E-state index contributed by atoms with van der Waals surface area (Å²) in [4.78, 5) is 34.6. The molecule has 0 saturated carbocycles. The SMILES string of the molecule is CC(F)Oc1ccc(N2CCC(=O)C23CCN(C(=O)c2cc(-c4cccnc4)n(-c4ccc(F)c(C(F)(F)F)c4)n2)CC3)cc1. The van der Waals surface area contributed by atoms with Gasteiger partial charge in [0, 0.05) is 56.6 Å². The van der Waals surface area contributed by atoms with Crippen molar-refractivity contribution in [3.63, 3.8) is 0 Å². The Hall–Kier alpha value is -4.81. The van der Waals surface area contributed by atoms with Crippen molar-refractivity contribution >= 4 is 17.4 Å². The highest BCUT2D eigenvalue weighted by molar-refractivity contribution is 5.97. The number of likely N-dealkylation sites (tertiary alicyclic amines) is 1. The number of pyridine rings is 1. The molecule has 0 radical (unpaired) electrons. The molecule has 2 fully saturated rings. The number of ketones is 1. The number of rotatable bonds is 6. The number of halogens is 5. The summed E-state index contributed by atoms with van der Waals surface area (Å²) in [6, 6.07) is 14.2. The van der Waals surface area contributed by atoms with Gasteiger partial charge in [0.1, 0.15) is 17.1 Å². The molecule has 6 rings (SSSR count). The van der Waals surface area contributed by atoms with E-state index in [-0.39, 0.29) is 30.3 Å². The predicted molar refractivity (Wildman–Crippen MR) is 154 cm³/mol. The van der Waals surface area contributed by atoms with Crippen molar-refractivity contribution in [3.8, 4) is 22.7 Å². The van der Waals surface area contributed by atoms with Gasteiger partial charge in [-0.1, -0.05) is 0 Å². The molecule has 13 heteroatoms. The number of hydrogen-bond acceptors (Lipinski definition) is 6. The first-order valence-electron chi connectivity index (χ1n) is 14.3. The van der Waals surface area contributed by atoms with Gasteiger partial charge in [-0.3, -0.25) is 14.6 Å². The van der Waals surface area contributed by atoms with Crippen LogP contribution in [-0.2, 0) is 11.0 Å². The molecule has 8 nitrogen and oxygen atoms in total. The third-order valence-electron chi connectivity index (χ3n) is 8.31. The Morgan fingerprint density at radius 2 is 1.71 bits per heavy atom. The van der Waals surface area contributed by atoms with Crippen LogP contribution in [0.3, 0.4) is 0 Å². The second kappa shape index (κ2) is 11.6. The van der Waals surface area contributed by atoms with Gasteiger partial charge >= 0.3 is 6.18 Å². The van der Waals surface area contributed by atoms with Crippen LogP contribution in [0.25, 0.3) is 16.9 Å². The highest BCUT2D eigenvalue weighted by Crippen LogP contribution is 2.40. The first-order valence-corrected chi connectivity index (χ1v) is 14.3. The molecule has 2 aromatic carbocycles. The largest absolute Gasteiger partial charge is 0.461 e. The first-order chi connectivity index (χ1) is 21.5. The van der Waals surface area contributed by atoms with Gasteiger partial charge in [-0.15, -0.1) is 0 Å². The molecule has 1 unspecified atom stereocenters. The monoisotopic (exact) mass is 625 g/mol. The van der Waals surface area contributed by atoms with E-state index in [4.69, 9.17) is 4.74 Å². The maximum atomic E-state index is 14.1. The van der Waals surface area contributed by atoms with Gasteiger partial charge in [-0.25, -0.2) is 13.5 Å². The number of Topliss-reactive ketones (excluding diaryl/α,β-unsaturated/α-hetero) is 1. The summed E-state index contributed by atoms with van der Waals surface area (Å²) >= 11 is 0. The third kappa shape index (κ3) is 5.74. The van der Waals surface area contributed by atoms with Crippen LogP contribution in [-0.4, -0.2) is 62.9 Å². The van der Waals surface area contributed by atoms with E-state index in [1.165, 1.54) is 30.1 Å². The molecule has 4 heterocycles. The lowest BCUT2D eigenvalue weighted by Crippen LogP contribution is -2.56. The van der Waals surface area contributed by atoms with Gasteiger partial charge in [-0.2, -0.15) is 18.3 Å². The normalized spacial score (nSPS) is 17.2. The maximum absolute atomic E-state index is 14.1. The number of nitrogens with zero attached hydrogens (tertiary/aromatic N) is 5. The summed E-state index contributed by atoms with van der Waals surface area (Å²) in [5.74, 6) is -1.43. The minimum atomic E-state index is -4.93. The Balaban J connectivity index is 1.26. The van der Waals surface area contributed by atoms with E-state index in [0.29, 0.717) is 54.9 Å². The summed E-state index contributed by atoms with van der Waals surface area (Å²) in [5.41, 5.74) is -0.785. The Bertz CT molecular complexity index is 1720. The molecular formula is C32H28F5N5O3. The molecule has 2 aliphatic rings. The molecule has 0 aliphatic carbocycles. The second-order valence-corrected chi connectivity index (χ2v) is 11.0. The van der Waals surface area contributed by atoms with Crippen LogP contribution in [0.15, 0.2) is 73.1 Å². The molecule has 1 atom stereocenters. The highest BCUT2D eigenvalue weighted by atomic mass is 19.4. The van der Waals surface area contributed by atoms with Crippen molar-refractivity contribution in [3.05, 3.63) is 90.1 Å². The van der Waals surface area contributed by atoms with Crippen molar-refractivity contribution < 1.29 is 36.3 Å². The van der Waals surface area contributed by atoms with Crippen LogP contribution in [0, 0.1) is 5.82 Å². The van der Waals surface area contributed by atoms with E-state index in [1.54, 1.807) is 41.3 Å². The summed E-state index contributed by atoms with van der Waals surface area (Å²) < 4.78 is 74.1. The number of hydrogen-bond donors (Lipinski definition) is 0. The van der Waals surface area contributed by atoms with E-state index in [2.05, 4.69) is 10.1 Å². The van der Waals surface area contributed by atoms with E-state index < -0.39 is 35.4 Å². The zero-order valence-corrected chi connectivity index (χ0v) is 24.1. The Morgan fingerprint density at radius 3 is 2.36 bits per heavy atom. The van der Waals surface area contributed by atoms with E-state index in [1.807, 2.05) is 4.90 Å². The maximum Gasteiger partial charge on any atom is 0.419 e. The zero-order valence-electron chi connectivity index (χ0n) is 24.1. The minimum Gasteiger partial charge on any atom is -0.461 e. The number of anilines is 1. The average Bonchev–Trinajstić information content (AvgIpc) is 3.59. The number of piperidine rings is 1. The van der Waals surface area contributed by atoms with Crippen LogP contribution in [0.2, 0.25) is 0 Å². The van der Waals surface area contributed by atoms with Crippen LogP contribution in [0.4, 0.5) is 27.6 Å². The molecule has 1 spiro atoms. The van der Waals surface area contributed by atoms with Gasteiger partial charge in [0.25, 0.3) is 5.91 Å². The van der Waals surface area contributed by atoms with Crippen molar-refractivity contribution in [2.45, 2.75) is 44.3 Å². The van der Waals surface area contributed by atoms with E-state index in [9.17, 15) is 31.5 Å². The predicted octanol–water partition coefficient (Wildman–Crippen LogP) is 6.24. The van der Waals surface area contributed by atoms with Crippen molar-refractivity contribution in [2.75, 3.05) is 24.5 Å². The van der Waals surface area contributed by atoms with Gasteiger partial charge < -0.3 is 14.5 Å².